The first-order chi connectivity index (χ1) is 22.8. The average Bonchev–Trinajstić information content (AvgIpc) is 3.78. The van der Waals surface area contributed by atoms with Crippen molar-refractivity contribution in [3.8, 4) is 23.0 Å². The number of aromatic nitrogens is 3. The Morgan fingerprint density at radius 2 is 1.94 bits per heavy atom. The standard InChI is InChI=1S/C31H27F7N6O3S/c1-2-21(45)43-11-19(34)20(12-43)47-27-16-8-17(31(36,37)38)22(15-4-5-18(33)26-25(15)40-28(39)48-26)23(35)24(16)41-29(42-27)46-13-30-6-3-7-44(30)10-14(32)9-30/h2,4-5,8,14,19-20H,1,3,6-7,9-13H2,(H2,39,40). The van der Waals surface area contributed by atoms with E-state index in [-0.39, 0.29) is 48.0 Å². The van der Waals surface area contributed by atoms with Gasteiger partial charge in [-0.2, -0.15) is 23.1 Å². The molecular formula is C31H27F7N6O3S. The minimum absolute atomic E-state index is 0.110. The first-order valence-corrected chi connectivity index (χ1v) is 15.8. The van der Waals surface area contributed by atoms with Crippen LogP contribution < -0.4 is 15.2 Å². The summed E-state index contributed by atoms with van der Waals surface area (Å²) < 4.78 is 116. The Hall–Kier alpha value is -4.25. The summed E-state index contributed by atoms with van der Waals surface area (Å²) in [5.74, 6) is -3.50. The van der Waals surface area contributed by atoms with Gasteiger partial charge in [-0.3, -0.25) is 9.69 Å². The number of alkyl halides is 5. The molecule has 1 amide bonds. The fourth-order valence-electron chi connectivity index (χ4n) is 6.96. The lowest BCUT2D eigenvalue weighted by atomic mass is 9.95. The first kappa shape index (κ1) is 32.3. The van der Waals surface area contributed by atoms with Crippen LogP contribution in [0.1, 0.15) is 24.8 Å². The van der Waals surface area contributed by atoms with Crippen LogP contribution in [0.2, 0.25) is 0 Å². The molecular weight excluding hydrogens is 669 g/mol. The van der Waals surface area contributed by atoms with Crippen LogP contribution in [-0.4, -0.2) is 87.4 Å². The smallest absolute Gasteiger partial charge is 0.417 e. The second-order valence-corrected chi connectivity index (χ2v) is 13.2. The number of nitrogens with zero attached hydrogens (tertiary/aromatic N) is 5. The third-order valence-corrected chi connectivity index (χ3v) is 10.0. The van der Waals surface area contributed by atoms with Crippen LogP contribution in [0, 0.1) is 11.6 Å². The quantitative estimate of drug-likeness (QED) is 0.190. The maximum absolute atomic E-state index is 16.7. The molecule has 3 fully saturated rings. The molecule has 4 unspecified atom stereocenters. The molecule has 0 saturated carbocycles. The Balaban J connectivity index is 1.39. The average molecular weight is 697 g/mol. The van der Waals surface area contributed by atoms with Crippen molar-refractivity contribution < 1.29 is 45.0 Å². The molecule has 4 atom stereocenters. The number of amides is 1. The van der Waals surface area contributed by atoms with E-state index in [1.165, 1.54) is 0 Å². The Labute approximate surface area is 272 Å². The highest BCUT2D eigenvalue weighted by Gasteiger charge is 2.49. The maximum atomic E-state index is 16.7. The van der Waals surface area contributed by atoms with Crippen molar-refractivity contribution in [2.45, 2.75) is 49.4 Å². The first-order valence-electron chi connectivity index (χ1n) is 15.0. The van der Waals surface area contributed by atoms with Crippen molar-refractivity contribution in [1.82, 2.24) is 24.8 Å². The summed E-state index contributed by atoms with van der Waals surface area (Å²) in [4.78, 5) is 27.4. The number of hydrogen-bond donors (Lipinski definition) is 1. The number of halogens is 7. The highest BCUT2D eigenvalue weighted by molar-refractivity contribution is 7.22. The summed E-state index contributed by atoms with van der Waals surface area (Å²) in [5, 5.41) is -0.706. The van der Waals surface area contributed by atoms with Crippen LogP contribution in [-0.2, 0) is 11.0 Å². The maximum Gasteiger partial charge on any atom is 0.417 e. The fourth-order valence-corrected chi connectivity index (χ4v) is 7.72. The highest BCUT2D eigenvalue weighted by Crippen LogP contribution is 2.46. The molecule has 3 saturated heterocycles. The number of likely N-dealkylation sites (tertiary alicyclic amines) is 1. The Bertz CT molecular complexity index is 1960. The van der Waals surface area contributed by atoms with E-state index in [9.17, 15) is 26.7 Å². The van der Waals surface area contributed by atoms with Crippen molar-refractivity contribution in [1.29, 1.82) is 0 Å². The number of nitrogen functional groups attached to an aromatic ring is 1. The summed E-state index contributed by atoms with van der Waals surface area (Å²) in [5.41, 5.74) is 1.24. The monoisotopic (exact) mass is 696 g/mol. The minimum atomic E-state index is -5.17. The topological polar surface area (TPSA) is 107 Å². The predicted molar refractivity (Wildman–Crippen MR) is 162 cm³/mol. The summed E-state index contributed by atoms with van der Waals surface area (Å²) >= 11 is 0.685. The summed E-state index contributed by atoms with van der Waals surface area (Å²) in [6.07, 6.45) is -6.88. The molecule has 0 radical (unpaired) electrons. The fraction of sp³-hybridized carbons (Fsp3) is 0.419. The molecule has 2 N–H and O–H groups in total. The van der Waals surface area contributed by atoms with Crippen molar-refractivity contribution in [3.63, 3.8) is 0 Å². The second-order valence-electron chi connectivity index (χ2n) is 12.1. The minimum Gasteiger partial charge on any atom is -0.469 e. The third kappa shape index (κ3) is 5.45. The lowest BCUT2D eigenvalue weighted by molar-refractivity contribution is -0.137. The zero-order valence-corrected chi connectivity index (χ0v) is 25.8. The van der Waals surface area contributed by atoms with Gasteiger partial charge in [0.05, 0.1) is 39.8 Å². The zero-order chi connectivity index (χ0) is 34.1. The van der Waals surface area contributed by atoms with E-state index < -0.39 is 87.2 Å². The van der Waals surface area contributed by atoms with Crippen LogP contribution in [0.25, 0.3) is 32.2 Å². The zero-order valence-electron chi connectivity index (χ0n) is 25.0. The van der Waals surface area contributed by atoms with E-state index in [4.69, 9.17) is 15.2 Å². The molecule has 0 bridgehead atoms. The predicted octanol–water partition coefficient (Wildman–Crippen LogP) is 5.85. The number of ether oxygens (including phenoxy) is 2. The number of carbonyl (C=O) groups excluding carboxylic acids is 1. The van der Waals surface area contributed by atoms with Crippen molar-refractivity contribution in [2.75, 3.05) is 38.5 Å². The molecule has 7 rings (SSSR count). The van der Waals surface area contributed by atoms with Crippen LogP contribution in [0.5, 0.6) is 11.9 Å². The van der Waals surface area contributed by atoms with Gasteiger partial charge in [0, 0.05) is 24.1 Å². The second kappa shape index (κ2) is 11.7. The normalized spacial score (nSPS) is 24.5. The third-order valence-electron chi connectivity index (χ3n) is 9.14. The van der Waals surface area contributed by atoms with Crippen molar-refractivity contribution >= 4 is 43.5 Å². The number of benzene rings is 2. The Kier molecular flexibility index (Phi) is 7.89. The van der Waals surface area contributed by atoms with E-state index in [0.717, 1.165) is 29.5 Å². The van der Waals surface area contributed by atoms with Gasteiger partial charge in [0.1, 0.15) is 24.1 Å². The molecule has 9 nitrogen and oxygen atoms in total. The number of thiazole rings is 1. The molecule has 3 aliphatic heterocycles. The molecule has 4 aromatic rings. The van der Waals surface area contributed by atoms with Crippen LogP contribution in [0.15, 0.2) is 30.9 Å². The highest BCUT2D eigenvalue weighted by atomic mass is 32.1. The number of rotatable bonds is 7. The molecule has 3 aliphatic rings. The molecule has 0 spiro atoms. The Morgan fingerprint density at radius 1 is 1.15 bits per heavy atom. The Morgan fingerprint density at radius 3 is 2.69 bits per heavy atom. The van der Waals surface area contributed by atoms with Gasteiger partial charge in [0.25, 0.3) is 0 Å². The van der Waals surface area contributed by atoms with E-state index in [0.29, 0.717) is 30.4 Å². The molecule has 17 heteroatoms. The molecule has 2 aromatic heterocycles. The number of hydrogen-bond acceptors (Lipinski definition) is 9. The SMILES string of the molecule is C=CC(=O)N1CC(F)C(Oc2nc(OCC34CCCN3CC(F)C4)nc3c(F)c(-c4ccc(F)c5sc(N)nc45)c(C(F)(F)F)cc23)C1. The van der Waals surface area contributed by atoms with Gasteiger partial charge in [0.15, 0.2) is 23.2 Å². The number of carbonyl (C=O) groups is 1. The molecule has 5 heterocycles. The van der Waals surface area contributed by atoms with Crippen molar-refractivity contribution in [3.05, 3.63) is 48.1 Å². The number of anilines is 1. The summed E-state index contributed by atoms with van der Waals surface area (Å²) in [6, 6.07) is 1.91. The van der Waals surface area contributed by atoms with Gasteiger partial charge in [0.2, 0.25) is 11.8 Å². The van der Waals surface area contributed by atoms with Crippen LogP contribution in [0.4, 0.5) is 35.9 Å². The number of fused-ring (bicyclic) bond motifs is 3. The lowest BCUT2D eigenvalue weighted by Gasteiger charge is -2.30. The van der Waals surface area contributed by atoms with E-state index in [1.54, 1.807) is 0 Å². The lowest BCUT2D eigenvalue weighted by Crippen LogP contribution is -2.43. The van der Waals surface area contributed by atoms with Crippen LogP contribution >= 0.6 is 11.3 Å². The largest absolute Gasteiger partial charge is 0.469 e. The van der Waals surface area contributed by atoms with Gasteiger partial charge < -0.3 is 20.1 Å². The van der Waals surface area contributed by atoms with E-state index >= 15 is 8.78 Å². The number of nitrogens with two attached hydrogens (primary N) is 1. The van der Waals surface area contributed by atoms with Gasteiger partial charge in [-0.25, -0.2) is 22.5 Å². The van der Waals surface area contributed by atoms with E-state index in [2.05, 4.69) is 21.5 Å². The molecule has 48 heavy (non-hydrogen) atoms. The molecule has 254 valence electrons. The summed E-state index contributed by atoms with van der Waals surface area (Å²) in [6.45, 7) is 3.44. The van der Waals surface area contributed by atoms with Crippen molar-refractivity contribution in [2.24, 2.45) is 0 Å². The summed E-state index contributed by atoms with van der Waals surface area (Å²) in [7, 11) is 0. The van der Waals surface area contributed by atoms with E-state index in [1.807, 2.05) is 4.90 Å². The van der Waals surface area contributed by atoms with Gasteiger partial charge in [-0.1, -0.05) is 17.9 Å². The van der Waals surface area contributed by atoms with Gasteiger partial charge in [-0.15, -0.1) is 0 Å². The molecule has 2 aromatic carbocycles. The molecule has 0 aliphatic carbocycles. The van der Waals surface area contributed by atoms with Gasteiger partial charge >= 0.3 is 12.2 Å². The van der Waals surface area contributed by atoms with Crippen LogP contribution in [0.3, 0.4) is 0 Å². The van der Waals surface area contributed by atoms with Gasteiger partial charge in [-0.05, 0) is 43.7 Å².